The summed E-state index contributed by atoms with van der Waals surface area (Å²) in [4.78, 5) is 36.4. The van der Waals surface area contributed by atoms with E-state index in [0.29, 0.717) is 11.4 Å². The normalized spacial score (nSPS) is 31.6. The molecule has 1 aliphatic heterocycles. The average molecular weight is 345 g/mol. The lowest BCUT2D eigenvalue weighted by Gasteiger charge is -2.22. The molecule has 1 saturated heterocycles. The summed E-state index contributed by atoms with van der Waals surface area (Å²) in [5.41, 5.74) is 0.508. The quantitative estimate of drug-likeness (QED) is 0.811. The van der Waals surface area contributed by atoms with Crippen LogP contribution in [0.15, 0.2) is 24.3 Å². The zero-order valence-corrected chi connectivity index (χ0v) is 13.8. The molecule has 132 valence electrons. The first kappa shape index (κ1) is 15.9. The van der Waals surface area contributed by atoms with Crippen LogP contribution in [0, 0.1) is 23.7 Å². The van der Waals surface area contributed by atoms with Gasteiger partial charge in [-0.25, -0.2) is 0 Å². The third kappa shape index (κ3) is 2.63. The van der Waals surface area contributed by atoms with Crippen LogP contribution in [-0.4, -0.2) is 37.7 Å². The average Bonchev–Trinajstić information content (AvgIpc) is 3.22. The highest BCUT2D eigenvalue weighted by atomic mass is 16.6. The Bertz CT molecular complexity index is 730. The molecule has 25 heavy (non-hydrogen) atoms. The third-order valence-corrected chi connectivity index (χ3v) is 5.48. The molecule has 2 bridgehead atoms. The maximum Gasteiger partial charge on any atom is 0.310 e. The zero-order chi connectivity index (χ0) is 17.6. The van der Waals surface area contributed by atoms with Crippen molar-refractivity contribution in [2.24, 2.45) is 23.7 Å². The Kier molecular flexibility index (Phi) is 3.86. The van der Waals surface area contributed by atoms with Gasteiger partial charge in [0.15, 0.2) is 6.61 Å². The minimum Gasteiger partial charge on any atom is -0.495 e. The van der Waals surface area contributed by atoms with Crippen molar-refractivity contribution >= 4 is 23.5 Å². The van der Waals surface area contributed by atoms with E-state index in [1.54, 1.807) is 24.3 Å². The van der Waals surface area contributed by atoms with Crippen LogP contribution in [0.5, 0.6) is 5.75 Å². The number of para-hydroxylation sites is 2. The summed E-state index contributed by atoms with van der Waals surface area (Å²) in [6.07, 6.45) is 1.52. The van der Waals surface area contributed by atoms with E-state index < -0.39 is 30.3 Å². The number of esters is 2. The van der Waals surface area contributed by atoms with Gasteiger partial charge >= 0.3 is 11.9 Å². The summed E-state index contributed by atoms with van der Waals surface area (Å²) < 4.78 is 15.7. The van der Waals surface area contributed by atoms with Crippen molar-refractivity contribution in [2.75, 3.05) is 19.0 Å². The smallest absolute Gasteiger partial charge is 0.310 e. The van der Waals surface area contributed by atoms with Gasteiger partial charge in [-0.2, -0.15) is 0 Å². The van der Waals surface area contributed by atoms with E-state index in [-0.39, 0.29) is 23.9 Å². The number of carbonyl (C=O) groups excluding carboxylic acids is 3. The van der Waals surface area contributed by atoms with E-state index in [2.05, 4.69) is 5.32 Å². The Morgan fingerprint density at radius 3 is 2.88 bits per heavy atom. The van der Waals surface area contributed by atoms with Gasteiger partial charge in [0, 0.05) is 5.92 Å². The van der Waals surface area contributed by atoms with Crippen molar-refractivity contribution < 1.29 is 28.6 Å². The molecule has 0 aromatic heterocycles. The summed E-state index contributed by atoms with van der Waals surface area (Å²) in [6, 6.07) is 6.97. The molecule has 1 N–H and O–H groups in total. The topological polar surface area (TPSA) is 90.9 Å². The van der Waals surface area contributed by atoms with Gasteiger partial charge in [0.05, 0.1) is 24.6 Å². The Labute approximate surface area is 144 Å². The lowest BCUT2D eigenvalue weighted by Crippen LogP contribution is -2.35. The number of anilines is 1. The maximum absolute atomic E-state index is 12.4. The van der Waals surface area contributed by atoms with Gasteiger partial charge in [0.2, 0.25) is 0 Å². The monoisotopic (exact) mass is 345 g/mol. The largest absolute Gasteiger partial charge is 0.495 e. The Hall–Kier alpha value is -2.57. The van der Waals surface area contributed by atoms with Crippen LogP contribution in [0.1, 0.15) is 12.8 Å². The van der Waals surface area contributed by atoms with E-state index in [4.69, 9.17) is 14.2 Å². The Morgan fingerprint density at radius 1 is 1.28 bits per heavy atom. The molecule has 0 unspecified atom stereocenters. The molecule has 3 fully saturated rings. The van der Waals surface area contributed by atoms with Crippen LogP contribution in [0.3, 0.4) is 0 Å². The number of fused-ring (bicyclic) bond motifs is 1. The van der Waals surface area contributed by atoms with Gasteiger partial charge in [-0.15, -0.1) is 0 Å². The molecule has 1 aromatic carbocycles. The molecule has 7 heteroatoms. The minimum absolute atomic E-state index is 0.0274. The van der Waals surface area contributed by atoms with Crippen molar-refractivity contribution in [3.63, 3.8) is 0 Å². The number of hydrogen-bond acceptors (Lipinski definition) is 6. The number of ether oxygens (including phenoxy) is 3. The van der Waals surface area contributed by atoms with E-state index >= 15 is 0 Å². The summed E-state index contributed by atoms with van der Waals surface area (Å²) in [5, 5.41) is 2.65. The first-order chi connectivity index (χ1) is 12.1. The molecule has 2 aliphatic carbocycles. The molecule has 5 atom stereocenters. The van der Waals surface area contributed by atoms with Crippen LogP contribution in [-0.2, 0) is 23.9 Å². The summed E-state index contributed by atoms with van der Waals surface area (Å²) >= 11 is 0. The van der Waals surface area contributed by atoms with E-state index in [0.717, 1.165) is 12.8 Å². The molecule has 4 rings (SSSR count). The highest BCUT2D eigenvalue weighted by Crippen LogP contribution is 2.57. The number of methoxy groups -OCH3 is 1. The number of carbonyl (C=O) groups is 3. The molecule has 7 nitrogen and oxygen atoms in total. The fraction of sp³-hybridized carbons (Fsp3) is 0.500. The second kappa shape index (κ2) is 6.06. The molecule has 3 aliphatic rings. The second-order valence-electron chi connectivity index (χ2n) is 6.78. The van der Waals surface area contributed by atoms with Crippen LogP contribution < -0.4 is 10.1 Å². The maximum atomic E-state index is 12.4. The predicted molar refractivity (Wildman–Crippen MR) is 85.7 cm³/mol. The summed E-state index contributed by atoms with van der Waals surface area (Å²) in [6.45, 7) is -0.393. The first-order valence-corrected chi connectivity index (χ1v) is 8.38. The number of benzene rings is 1. The van der Waals surface area contributed by atoms with Gasteiger partial charge in [-0.3, -0.25) is 14.4 Å². The van der Waals surface area contributed by atoms with Crippen LogP contribution >= 0.6 is 0 Å². The van der Waals surface area contributed by atoms with Crippen molar-refractivity contribution in [3.8, 4) is 5.75 Å². The number of hydrogen-bond donors (Lipinski definition) is 1. The highest BCUT2D eigenvalue weighted by molar-refractivity contribution is 5.94. The van der Waals surface area contributed by atoms with Crippen molar-refractivity contribution in [1.82, 2.24) is 0 Å². The Morgan fingerprint density at radius 2 is 2.08 bits per heavy atom. The number of nitrogens with one attached hydrogen (secondary N) is 1. The molecular formula is C18H19NO6. The molecule has 2 saturated carbocycles. The van der Waals surface area contributed by atoms with E-state index in [1.165, 1.54) is 7.11 Å². The fourth-order valence-corrected chi connectivity index (χ4v) is 4.49. The summed E-state index contributed by atoms with van der Waals surface area (Å²) in [7, 11) is 1.51. The molecule has 1 aromatic rings. The lowest BCUT2D eigenvalue weighted by molar-refractivity contribution is -0.157. The lowest BCUT2D eigenvalue weighted by atomic mass is 9.80. The Balaban J connectivity index is 1.35. The number of amides is 1. The van der Waals surface area contributed by atoms with Gasteiger partial charge < -0.3 is 19.5 Å². The van der Waals surface area contributed by atoms with E-state index in [9.17, 15) is 14.4 Å². The van der Waals surface area contributed by atoms with E-state index in [1.807, 2.05) is 0 Å². The van der Waals surface area contributed by atoms with Crippen molar-refractivity contribution in [3.05, 3.63) is 24.3 Å². The van der Waals surface area contributed by atoms with Gasteiger partial charge in [-0.05, 0) is 30.9 Å². The van der Waals surface area contributed by atoms with Gasteiger partial charge in [0.1, 0.15) is 11.9 Å². The molecule has 1 heterocycles. The molecular weight excluding hydrogens is 326 g/mol. The summed E-state index contributed by atoms with van der Waals surface area (Å²) in [5.74, 6) is -1.32. The van der Waals surface area contributed by atoms with Crippen LogP contribution in [0.25, 0.3) is 0 Å². The molecule has 0 radical (unpaired) electrons. The third-order valence-electron chi connectivity index (χ3n) is 5.48. The molecule has 0 spiro atoms. The fourth-order valence-electron chi connectivity index (χ4n) is 4.49. The zero-order valence-electron chi connectivity index (χ0n) is 13.8. The number of rotatable bonds is 5. The highest BCUT2D eigenvalue weighted by Gasteiger charge is 2.64. The van der Waals surface area contributed by atoms with Crippen molar-refractivity contribution in [2.45, 2.75) is 18.9 Å². The van der Waals surface area contributed by atoms with Gasteiger partial charge in [-0.1, -0.05) is 12.1 Å². The standard InChI is InChI=1S/C18H19NO6/c1-23-12-5-3-2-4-11(12)19-14(20)8-24-17(21)15-9-6-10-13(7-9)25-18(22)16(10)15/h2-5,9-10,13,15-16H,6-8H2,1H3,(H,19,20)/t9-,10-,13-,15-,16+/m1/s1. The van der Waals surface area contributed by atoms with Crippen LogP contribution in [0.2, 0.25) is 0 Å². The van der Waals surface area contributed by atoms with Crippen molar-refractivity contribution in [1.29, 1.82) is 0 Å². The van der Waals surface area contributed by atoms with Crippen LogP contribution in [0.4, 0.5) is 5.69 Å². The molecule has 1 amide bonds. The first-order valence-electron chi connectivity index (χ1n) is 8.38. The minimum atomic E-state index is -0.482. The van der Waals surface area contributed by atoms with Gasteiger partial charge in [0.25, 0.3) is 5.91 Å². The predicted octanol–water partition coefficient (Wildman–Crippen LogP) is 1.37. The SMILES string of the molecule is COc1ccccc1NC(=O)COC(=O)[C@@H]1[C@@H]2C[C@H]3[C@@H]1C(=O)O[C@@H]3C2. The second-order valence-corrected chi connectivity index (χ2v) is 6.78.